The fourth-order valence-corrected chi connectivity index (χ4v) is 1.80. The Morgan fingerprint density at radius 1 is 1.10 bits per heavy atom. The smallest absolute Gasteiger partial charge is 0.251 e. The van der Waals surface area contributed by atoms with Crippen molar-refractivity contribution in [2.24, 2.45) is 0 Å². The fraction of sp³-hybridized carbons (Fsp3) is 0.133. The molecule has 0 heterocycles. The van der Waals surface area contributed by atoms with Crippen LogP contribution in [0.25, 0.3) is 0 Å². The van der Waals surface area contributed by atoms with Gasteiger partial charge in [-0.3, -0.25) is 4.79 Å². The van der Waals surface area contributed by atoms with Crippen molar-refractivity contribution in [2.45, 2.75) is 13.5 Å². The molecule has 104 valence electrons. The Morgan fingerprint density at radius 2 is 1.75 bits per heavy atom. The lowest BCUT2D eigenvalue weighted by Crippen LogP contribution is -2.24. The van der Waals surface area contributed by atoms with Crippen LogP contribution in [0.5, 0.6) is 0 Å². The number of amides is 1. The van der Waals surface area contributed by atoms with E-state index in [4.69, 9.17) is 0 Å². The van der Waals surface area contributed by atoms with E-state index in [2.05, 4.69) is 5.32 Å². The van der Waals surface area contributed by atoms with Crippen molar-refractivity contribution < 1.29 is 18.0 Å². The van der Waals surface area contributed by atoms with E-state index in [0.29, 0.717) is 17.7 Å². The van der Waals surface area contributed by atoms with Crippen molar-refractivity contribution in [1.29, 1.82) is 0 Å². The zero-order chi connectivity index (χ0) is 14.7. The van der Waals surface area contributed by atoms with Gasteiger partial charge in [0.05, 0.1) is 0 Å². The van der Waals surface area contributed by atoms with Gasteiger partial charge in [0.1, 0.15) is 17.5 Å². The molecule has 2 aromatic carbocycles. The molecule has 1 amide bonds. The predicted octanol–water partition coefficient (Wildman–Crippen LogP) is 3.34. The van der Waals surface area contributed by atoms with Crippen LogP contribution >= 0.6 is 0 Å². The zero-order valence-corrected chi connectivity index (χ0v) is 10.7. The van der Waals surface area contributed by atoms with Crippen LogP contribution in [0.4, 0.5) is 13.2 Å². The van der Waals surface area contributed by atoms with Crippen LogP contribution in [0.15, 0.2) is 36.4 Å². The first kappa shape index (κ1) is 14.1. The largest absolute Gasteiger partial charge is 0.348 e. The molecule has 0 aliphatic heterocycles. The third-order valence-electron chi connectivity index (χ3n) is 2.81. The molecule has 0 aliphatic rings. The van der Waals surface area contributed by atoms with Crippen LogP contribution in [0.3, 0.4) is 0 Å². The summed E-state index contributed by atoms with van der Waals surface area (Å²) in [6.07, 6.45) is 0. The second-order valence-corrected chi connectivity index (χ2v) is 4.40. The maximum absolute atomic E-state index is 13.4. The maximum atomic E-state index is 13.4. The molecule has 2 aromatic rings. The third-order valence-corrected chi connectivity index (χ3v) is 2.81. The number of carbonyl (C=O) groups excluding carboxylic acids is 1. The van der Waals surface area contributed by atoms with Crippen molar-refractivity contribution in [1.82, 2.24) is 5.32 Å². The van der Waals surface area contributed by atoms with E-state index in [0.717, 1.165) is 5.56 Å². The first-order valence-corrected chi connectivity index (χ1v) is 5.95. The molecule has 20 heavy (non-hydrogen) atoms. The van der Waals surface area contributed by atoms with Crippen molar-refractivity contribution in [3.05, 3.63) is 70.5 Å². The summed E-state index contributed by atoms with van der Waals surface area (Å²) in [5.74, 6) is -3.48. The Labute approximate surface area is 114 Å². The summed E-state index contributed by atoms with van der Waals surface area (Å²) in [4.78, 5) is 11.8. The lowest BCUT2D eigenvalue weighted by molar-refractivity contribution is 0.0950. The highest BCUT2D eigenvalue weighted by atomic mass is 19.1. The number of nitrogens with one attached hydrogen (secondary N) is 1. The molecule has 0 bridgehead atoms. The molecule has 0 aromatic heterocycles. The van der Waals surface area contributed by atoms with Crippen molar-refractivity contribution in [2.75, 3.05) is 0 Å². The standard InChI is InChI=1S/C15H12F3NO/c1-9-3-2-4-10(5-9)15(20)19-8-12-13(17)6-11(16)7-14(12)18/h2-7H,8H2,1H3,(H,19,20). The van der Waals surface area contributed by atoms with Gasteiger partial charge in [-0.2, -0.15) is 0 Å². The van der Waals surface area contributed by atoms with E-state index >= 15 is 0 Å². The van der Waals surface area contributed by atoms with Crippen LogP contribution in [0, 0.1) is 24.4 Å². The number of hydrogen-bond acceptors (Lipinski definition) is 1. The van der Waals surface area contributed by atoms with E-state index in [1.807, 2.05) is 13.0 Å². The summed E-state index contributed by atoms with van der Waals surface area (Å²) in [7, 11) is 0. The quantitative estimate of drug-likeness (QED) is 0.917. The van der Waals surface area contributed by atoms with Crippen molar-refractivity contribution >= 4 is 5.91 Å². The molecule has 0 atom stereocenters. The Morgan fingerprint density at radius 3 is 2.35 bits per heavy atom. The van der Waals surface area contributed by atoms with Crippen LogP contribution in [0.2, 0.25) is 0 Å². The van der Waals surface area contributed by atoms with Crippen molar-refractivity contribution in [3.63, 3.8) is 0 Å². The van der Waals surface area contributed by atoms with Crippen LogP contribution in [0.1, 0.15) is 21.5 Å². The first-order valence-electron chi connectivity index (χ1n) is 5.95. The van der Waals surface area contributed by atoms with Gasteiger partial charge in [-0.1, -0.05) is 17.7 Å². The van der Waals surface area contributed by atoms with Crippen LogP contribution in [-0.4, -0.2) is 5.91 Å². The molecule has 2 rings (SSSR count). The minimum Gasteiger partial charge on any atom is -0.348 e. The van der Waals surface area contributed by atoms with Gasteiger partial charge in [0.15, 0.2) is 0 Å². The van der Waals surface area contributed by atoms with E-state index < -0.39 is 23.4 Å². The number of benzene rings is 2. The molecule has 0 unspecified atom stereocenters. The van der Waals surface area contributed by atoms with Gasteiger partial charge in [-0.15, -0.1) is 0 Å². The molecule has 5 heteroatoms. The Kier molecular flexibility index (Phi) is 4.08. The van der Waals surface area contributed by atoms with Gasteiger partial charge in [0.25, 0.3) is 5.91 Å². The normalized spacial score (nSPS) is 10.4. The molecule has 0 fully saturated rings. The Bertz CT molecular complexity index is 632. The molecule has 0 saturated carbocycles. The van der Waals surface area contributed by atoms with E-state index in [9.17, 15) is 18.0 Å². The number of carbonyl (C=O) groups is 1. The lowest BCUT2D eigenvalue weighted by atomic mass is 10.1. The second-order valence-electron chi connectivity index (χ2n) is 4.40. The predicted molar refractivity (Wildman–Crippen MR) is 68.7 cm³/mol. The van der Waals surface area contributed by atoms with Crippen molar-refractivity contribution in [3.8, 4) is 0 Å². The molecule has 1 N–H and O–H groups in total. The first-order chi connectivity index (χ1) is 9.47. The zero-order valence-electron chi connectivity index (χ0n) is 10.7. The minimum absolute atomic E-state index is 0.343. The molecule has 0 aliphatic carbocycles. The highest BCUT2D eigenvalue weighted by molar-refractivity contribution is 5.94. The molecule has 0 saturated heterocycles. The number of halogens is 3. The summed E-state index contributed by atoms with van der Waals surface area (Å²) in [6, 6.07) is 7.96. The molecule has 2 nitrogen and oxygen atoms in total. The van der Waals surface area contributed by atoms with Gasteiger partial charge in [0, 0.05) is 29.8 Å². The molecule has 0 spiro atoms. The van der Waals surface area contributed by atoms with Gasteiger partial charge < -0.3 is 5.32 Å². The summed E-state index contributed by atoms with van der Waals surface area (Å²) in [5.41, 5.74) is 0.928. The van der Waals surface area contributed by atoms with Gasteiger partial charge in [-0.05, 0) is 19.1 Å². The number of rotatable bonds is 3. The third kappa shape index (κ3) is 3.17. The van der Waals surface area contributed by atoms with E-state index in [1.54, 1.807) is 18.2 Å². The highest BCUT2D eigenvalue weighted by Gasteiger charge is 2.13. The molecular weight excluding hydrogens is 267 g/mol. The molecule has 0 radical (unpaired) electrons. The van der Waals surface area contributed by atoms with Gasteiger partial charge in [0.2, 0.25) is 0 Å². The Balaban J connectivity index is 2.11. The fourth-order valence-electron chi connectivity index (χ4n) is 1.80. The SMILES string of the molecule is Cc1cccc(C(=O)NCc2c(F)cc(F)cc2F)c1. The topological polar surface area (TPSA) is 29.1 Å². The monoisotopic (exact) mass is 279 g/mol. The summed E-state index contributed by atoms with van der Waals surface area (Å²) < 4.78 is 39.5. The van der Waals surface area contributed by atoms with Crippen LogP contribution in [-0.2, 0) is 6.54 Å². The van der Waals surface area contributed by atoms with E-state index in [1.165, 1.54) is 0 Å². The number of aryl methyl sites for hydroxylation is 1. The minimum atomic E-state index is -1.02. The van der Waals surface area contributed by atoms with Gasteiger partial charge >= 0.3 is 0 Å². The number of hydrogen-bond donors (Lipinski definition) is 1. The average molecular weight is 279 g/mol. The average Bonchev–Trinajstić information content (AvgIpc) is 2.37. The summed E-state index contributed by atoms with van der Waals surface area (Å²) >= 11 is 0. The lowest BCUT2D eigenvalue weighted by Gasteiger charge is -2.08. The van der Waals surface area contributed by atoms with E-state index in [-0.39, 0.29) is 12.1 Å². The highest BCUT2D eigenvalue weighted by Crippen LogP contribution is 2.14. The van der Waals surface area contributed by atoms with Crippen LogP contribution < -0.4 is 5.32 Å². The summed E-state index contributed by atoms with van der Waals surface area (Å²) in [5, 5.41) is 2.40. The Hall–Kier alpha value is -2.30. The van der Waals surface area contributed by atoms with Gasteiger partial charge in [-0.25, -0.2) is 13.2 Å². The molecular formula is C15H12F3NO. The maximum Gasteiger partial charge on any atom is 0.251 e. The second kappa shape index (κ2) is 5.77. The summed E-state index contributed by atoms with van der Waals surface area (Å²) in [6.45, 7) is 1.49.